The summed E-state index contributed by atoms with van der Waals surface area (Å²) in [6.07, 6.45) is 1.54. The first kappa shape index (κ1) is 20.1. The topological polar surface area (TPSA) is 106 Å². The van der Waals surface area contributed by atoms with Crippen molar-refractivity contribution in [3.63, 3.8) is 0 Å². The molecule has 0 radical (unpaired) electrons. The predicted octanol–water partition coefficient (Wildman–Crippen LogP) is 3.43. The van der Waals surface area contributed by atoms with E-state index < -0.39 is 11.7 Å². The van der Waals surface area contributed by atoms with Crippen molar-refractivity contribution in [3.8, 4) is 6.07 Å². The molecule has 27 heavy (non-hydrogen) atoms. The van der Waals surface area contributed by atoms with Gasteiger partial charge in [-0.15, -0.1) is 0 Å². The first-order valence-corrected chi connectivity index (χ1v) is 8.67. The van der Waals surface area contributed by atoms with E-state index in [1.54, 1.807) is 50.4 Å². The summed E-state index contributed by atoms with van der Waals surface area (Å²) in [5.41, 5.74) is 6.82. The number of pyridine rings is 1. The summed E-state index contributed by atoms with van der Waals surface area (Å²) in [5.74, 6) is -0.407. The van der Waals surface area contributed by atoms with E-state index in [9.17, 15) is 9.59 Å². The molecule has 1 aromatic heterocycles. The fraction of sp³-hybridized carbons (Fsp3) is 0.333. The molecule has 0 fully saturated rings. The molecule has 0 aliphatic heterocycles. The van der Waals surface area contributed by atoms with Crippen LogP contribution >= 0.6 is 0 Å². The van der Waals surface area contributed by atoms with E-state index in [1.165, 1.54) is 0 Å². The quantitative estimate of drug-likeness (QED) is 0.757. The van der Waals surface area contributed by atoms with Crippen LogP contribution in [0.4, 0.5) is 4.79 Å². The first-order valence-electron chi connectivity index (χ1n) is 8.67. The monoisotopic (exact) mass is 365 g/mol. The van der Waals surface area contributed by atoms with Gasteiger partial charge in [-0.25, -0.2) is 4.79 Å². The SMILES string of the molecule is CC(Cc1cccc(C#N)c1)C(=O)c1ncccc1CC(C)(C)OC(N)=O. The second kappa shape index (κ2) is 8.45. The Balaban J connectivity index is 2.20. The Morgan fingerprint density at radius 2 is 2.04 bits per heavy atom. The van der Waals surface area contributed by atoms with Crippen LogP contribution in [0.25, 0.3) is 0 Å². The van der Waals surface area contributed by atoms with Gasteiger partial charge in [0.2, 0.25) is 0 Å². The molecule has 6 nitrogen and oxygen atoms in total. The molecule has 1 amide bonds. The van der Waals surface area contributed by atoms with E-state index in [0.29, 0.717) is 29.7 Å². The standard InChI is InChI=1S/C21H23N3O3/c1-14(10-15-6-4-7-16(11-15)13-22)19(25)18-17(8-5-9-24-18)12-21(2,3)27-20(23)26/h4-9,11,14H,10,12H2,1-3H3,(H2,23,26). The van der Waals surface area contributed by atoms with Gasteiger partial charge in [-0.2, -0.15) is 5.26 Å². The minimum Gasteiger partial charge on any atom is -0.443 e. The summed E-state index contributed by atoms with van der Waals surface area (Å²) < 4.78 is 5.13. The number of Topliss-reactive ketones (excluding diaryl/α,β-unsaturated/α-hetero) is 1. The molecule has 0 saturated heterocycles. The number of benzene rings is 1. The number of aromatic nitrogens is 1. The maximum atomic E-state index is 13.0. The number of nitrogens with zero attached hydrogens (tertiary/aromatic N) is 2. The number of ketones is 1. The van der Waals surface area contributed by atoms with Crippen LogP contribution in [0.15, 0.2) is 42.6 Å². The highest BCUT2D eigenvalue weighted by atomic mass is 16.6. The fourth-order valence-corrected chi connectivity index (χ4v) is 3.02. The number of ether oxygens (including phenoxy) is 1. The Morgan fingerprint density at radius 1 is 1.30 bits per heavy atom. The Labute approximate surface area is 159 Å². The Bertz CT molecular complexity index is 884. The normalized spacial score (nSPS) is 12.1. The molecule has 0 aliphatic carbocycles. The van der Waals surface area contributed by atoms with Crippen molar-refractivity contribution >= 4 is 11.9 Å². The molecule has 0 bridgehead atoms. The lowest BCUT2D eigenvalue weighted by Crippen LogP contribution is -2.34. The van der Waals surface area contributed by atoms with Crippen molar-refractivity contribution in [2.45, 2.75) is 39.2 Å². The molecule has 0 spiro atoms. The molecular weight excluding hydrogens is 342 g/mol. The molecule has 1 heterocycles. The highest BCUT2D eigenvalue weighted by molar-refractivity contribution is 5.97. The van der Waals surface area contributed by atoms with Crippen molar-refractivity contribution in [3.05, 3.63) is 65.0 Å². The lowest BCUT2D eigenvalue weighted by atomic mass is 9.90. The van der Waals surface area contributed by atoms with Crippen LogP contribution < -0.4 is 5.73 Å². The third-order valence-electron chi connectivity index (χ3n) is 4.16. The second-order valence-electron chi connectivity index (χ2n) is 7.15. The molecule has 1 aromatic carbocycles. The smallest absolute Gasteiger partial charge is 0.405 e. The van der Waals surface area contributed by atoms with Gasteiger partial charge in [0.05, 0.1) is 11.6 Å². The van der Waals surface area contributed by atoms with Crippen molar-refractivity contribution in [2.24, 2.45) is 11.7 Å². The van der Waals surface area contributed by atoms with E-state index >= 15 is 0 Å². The summed E-state index contributed by atoms with van der Waals surface area (Å²) in [4.78, 5) is 28.3. The maximum absolute atomic E-state index is 13.0. The summed E-state index contributed by atoms with van der Waals surface area (Å²) in [5, 5.41) is 9.02. The summed E-state index contributed by atoms with van der Waals surface area (Å²) in [6.45, 7) is 5.30. The zero-order valence-electron chi connectivity index (χ0n) is 15.7. The Hall–Kier alpha value is -3.20. The number of carbonyl (C=O) groups excluding carboxylic acids is 2. The zero-order chi connectivity index (χ0) is 20.0. The third-order valence-corrected chi connectivity index (χ3v) is 4.16. The summed E-state index contributed by atoms with van der Waals surface area (Å²) in [6, 6.07) is 12.9. The van der Waals surface area contributed by atoms with Crippen molar-refractivity contribution in [2.75, 3.05) is 0 Å². The van der Waals surface area contributed by atoms with E-state index in [1.807, 2.05) is 13.0 Å². The van der Waals surface area contributed by atoms with Crippen molar-refractivity contribution < 1.29 is 14.3 Å². The fourth-order valence-electron chi connectivity index (χ4n) is 3.02. The van der Waals surface area contributed by atoms with Gasteiger partial charge in [0.1, 0.15) is 11.3 Å². The number of nitrogens with two attached hydrogens (primary N) is 1. The van der Waals surface area contributed by atoms with Gasteiger partial charge in [-0.05, 0) is 49.6 Å². The van der Waals surface area contributed by atoms with Crippen LogP contribution in [-0.2, 0) is 17.6 Å². The predicted molar refractivity (Wildman–Crippen MR) is 101 cm³/mol. The molecule has 0 saturated carbocycles. The van der Waals surface area contributed by atoms with E-state index in [2.05, 4.69) is 11.1 Å². The molecule has 2 rings (SSSR count). The number of carbonyl (C=O) groups is 2. The molecule has 2 aromatic rings. The Kier molecular flexibility index (Phi) is 6.30. The molecular formula is C21H23N3O3. The van der Waals surface area contributed by atoms with E-state index in [0.717, 1.165) is 5.56 Å². The van der Waals surface area contributed by atoms with Crippen LogP contribution in [0, 0.1) is 17.2 Å². The highest BCUT2D eigenvalue weighted by Gasteiger charge is 2.27. The maximum Gasteiger partial charge on any atom is 0.405 e. The molecule has 2 N–H and O–H groups in total. The average Bonchev–Trinajstić information content (AvgIpc) is 2.60. The largest absolute Gasteiger partial charge is 0.443 e. The van der Waals surface area contributed by atoms with Gasteiger partial charge in [-0.1, -0.05) is 25.1 Å². The molecule has 6 heteroatoms. The first-order chi connectivity index (χ1) is 12.7. The van der Waals surface area contributed by atoms with E-state index in [4.69, 9.17) is 15.7 Å². The molecule has 140 valence electrons. The molecule has 1 atom stereocenters. The van der Waals surface area contributed by atoms with Crippen LogP contribution in [0.2, 0.25) is 0 Å². The zero-order valence-corrected chi connectivity index (χ0v) is 15.7. The lowest BCUT2D eigenvalue weighted by molar-refractivity contribution is 0.0458. The molecule has 1 unspecified atom stereocenters. The molecule has 0 aliphatic rings. The van der Waals surface area contributed by atoms with Gasteiger partial charge >= 0.3 is 6.09 Å². The van der Waals surface area contributed by atoms with Crippen molar-refractivity contribution in [1.29, 1.82) is 5.26 Å². The van der Waals surface area contributed by atoms with Crippen molar-refractivity contribution in [1.82, 2.24) is 4.98 Å². The van der Waals surface area contributed by atoms with Crippen LogP contribution in [0.1, 0.15) is 48.0 Å². The average molecular weight is 365 g/mol. The second-order valence-corrected chi connectivity index (χ2v) is 7.15. The van der Waals surface area contributed by atoms with Gasteiger partial charge < -0.3 is 10.5 Å². The van der Waals surface area contributed by atoms with Crippen LogP contribution in [0.3, 0.4) is 0 Å². The number of nitriles is 1. The minimum atomic E-state index is -0.859. The number of hydrogen-bond acceptors (Lipinski definition) is 5. The van der Waals surface area contributed by atoms with Gasteiger partial charge in [-0.3, -0.25) is 9.78 Å². The van der Waals surface area contributed by atoms with Gasteiger partial charge in [0.25, 0.3) is 0 Å². The number of rotatable bonds is 7. The van der Waals surface area contributed by atoms with E-state index in [-0.39, 0.29) is 11.7 Å². The van der Waals surface area contributed by atoms with Gasteiger partial charge in [0.15, 0.2) is 5.78 Å². The lowest BCUT2D eigenvalue weighted by Gasteiger charge is -2.25. The number of primary amides is 1. The van der Waals surface area contributed by atoms with Crippen LogP contribution in [-0.4, -0.2) is 22.5 Å². The highest BCUT2D eigenvalue weighted by Crippen LogP contribution is 2.22. The Morgan fingerprint density at radius 3 is 2.70 bits per heavy atom. The third kappa shape index (κ3) is 5.65. The summed E-state index contributed by atoms with van der Waals surface area (Å²) in [7, 11) is 0. The van der Waals surface area contributed by atoms with Crippen LogP contribution in [0.5, 0.6) is 0 Å². The minimum absolute atomic E-state index is 0.0946. The summed E-state index contributed by atoms with van der Waals surface area (Å²) >= 11 is 0. The number of amides is 1. The van der Waals surface area contributed by atoms with Gasteiger partial charge in [0, 0.05) is 18.5 Å². The number of hydrogen-bond donors (Lipinski definition) is 1.